The zero-order valence-electron chi connectivity index (χ0n) is 12.3. The first-order valence-electron chi connectivity index (χ1n) is 8.01. The summed E-state index contributed by atoms with van der Waals surface area (Å²) in [5.41, 5.74) is 1.09. The summed E-state index contributed by atoms with van der Waals surface area (Å²) in [5, 5.41) is 10.6. The number of hydrogen-bond acceptors (Lipinski definition) is 1. The van der Waals surface area contributed by atoms with E-state index in [1.807, 2.05) is 0 Å². The van der Waals surface area contributed by atoms with Gasteiger partial charge >= 0.3 is 0 Å². The summed E-state index contributed by atoms with van der Waals surface area (Å²) in [5.74, 6) is 0.664. The van der Waals surface area contributed by atoms with E-state index in [0.717, 1.165) is 32.1 Å². The Morgan fingerprint density at radius 3 is 2.37 bits per heavy atom. The minimum Gasteiger partial charge on any atom is -0.390 e. The van der Waals surface area contributed by atoms with Gasteiger partial charge in [0.15, 0.2) is 0 Å². The van der Waals surface area contributed by atoms with E-state index in [4.69, 9.17) is 0 Å². The van der Waals surface area contributed by atoms with Crippen LogP contribution >= 0.6 is 0 Å². The Bertz CT molecular complexity index is 349. The molecule has 0 saturated heterocycles. The van der Waals surface area contributed by atoms with Crippen LogP contribution in [-0.4, -0.2) is 10.7 Å². The number of aliphatic hydroxyl groups is 1. The van der Waals surface area contributed by atoms with Crippen LogP contribution in [0.25, 0.3) is 0 Å². The highest BCUT2D eigenvalue weighted by atomic mass is 16.3. The van der Waals surface area contributed by atoms with Gasteiger partial charge in [0.2, 0.25) is 0 Å². The van der Waals surface area contributed by atoms with Crippen molar-refractivity contribution in [3.8, 4) is 0 Å². The van der Waals surface area contributed by atoms with E-state index in [0.29, 0.717) is 5.92 Å². The van der Waals surface area contributed by atoms with E-state index in [-0.39, 0.29) is 5.60 Å². The highest BCUT2D eigenvalue weighted by Crippen LogP contribution is 2.40. The van der Waals surface area contributed by atoms with Crippen LogP contribution in [0, 0.1) is 0 Å². The van der Waals surface area contributed by atoms with Crippen molar-refractivity contribution in [1.29, 1.82) is 0 Å². The third-order valence-corrected chi connectivity index (χ3v) is 4.68. The Kier molecular flexibility index (Phi) is 5.45. The van der Waals surface area contributed by atoms with E-state index in [2.05, 4.69) is 37.3 Å². The maximum Gasteiger partial charge on any atom is 0.0648 e. The molecule has 1 heteroatoms. The summed E-state index contributed by atoms with van der Waals surface area (Å²) in [6, 6.07) is 10.8. The second-order valence-corrected chi connectivity index (χ2v) is 6.22. The van der Waals surface area contributed by atoms with Gasteiger partial charge in [-0.15, -0.1) is 0 Å². The van der Waals surface area contributed by atoms with Crippen molar-refractivity contribution >= 4 is 0 Å². The molecular weight excluding hydrogens is 232 g/mol. The Morgan fingerprint density at radius 2 is 1.74 bits per heavy atom. The van der Waals surface area contributed by atoms with Crippen LogP contribution in [0.15, 0.2) is 30.3 Å². The molecule has 1 saturated carbocycles. The first-order chi connectivity index (χ1) is 9.23. The fourth-order valence-electron chi connectivity index (χ4n) is 3.34. The Morgan fingerprint density at radius 1 is 1.05 bits per heavy atom. The second-order valence-electron chi connectivity index (χ2n) is 6.22. The summed E-state index contributed by atoms with van der Waals surface area (Å²) >= 11 is 0. The second kappa shape index (κ2) is 7.09. The molecule has 0 bridgehead atoms. The van der Waals surface area contributed by atoms with Crippen molar-refractivity contribution in [2.24, 2.45) is 0 Å². The van der Waals surface area contributed by atoms with Crippen LogP contribution in [0.2, 0.25) is 0 Å². The highest BCUT2D eigenvalue weighted by Gasteiger charge is 2.32. The molecule has 2 rings (SSSR count). The monoisotopic (exact) mass is 260 g/mol. The molecular formula is C18H28O. The third kappa shape index (κ3) is 4.35. The van der Waals surface area contributed by atoms with Gasteiger partial charge in [-0.25, -0.2) is 0 Å². The van der Waals surface area contributed by atoms with E-state index in [1.165, 1.54) is 31.2 Å². The van der Waals surface area contributed by atoms with E-state index >= 15 is 0 Å². The van der Waals surface area contributed by atoms with E-state index < -0.39 is 0 Å². The number of unbranched alkanes of at least 4 members (excludes halogenated alkanes) is 3. The molecule has 1 fully saturated rings. The van der Waals surface area contributed by atoms with E-state index in [1.54, 1.807) is 0 Å². The molecule has 0 heterocycles. The standard InChI is InChI=1S/C18H28O/c1-2-3-4-8-13-18(19)14-11-17(12-15-18)16-9-6-5-7-10-16/h5-7,9-10,17,19H,2-4,8,11-15H2,1H3. The summed E-state index contributed by atoms with van der Waals surface area (Å²) in [7, 11) is 0. The van der Waals surface area contributed by atoms with Crippen LogP contribution in [0.1, 0.15) is 76.2 Å². The topological polar surface area (TPSA) is 20.2 Å². The van der Waals surface area contributed by atoms with Gasteiger partial charge in [-0.2, -0.15) is 0 Å². The lowest BCUT2D eigenvalue weighted by molar-refractivity contribution is -0.0105. The summed E-state index contributed by atoms with van der Waals surface area (Å²) in [6.07, 6.45) is 10.3. The normalized spacial score (nSPS) is 27.4. The molecule has 0 atom stereocenters. The third-order valence-electron chi connectivity index (χ3n) is 4.68. The molecule has 0 aliphatic heterocycles. The fourth-order valence-corrected chi connectivity index (χ4v) is 3.34. The molecule has 19 heavy (non-hydrogen) atoms. The minimum absolute atomic E-state index is 0.362. The molecule has 0 spiro atoms. The average molecular weight is 260 g/mol. The smallest absolute Gasteiger partial charge is 0.0648 e. The van der Waals surface area contributed by atoms with Crippen LogP contribution in [0.5, 0.6) is 0 Å². The Labute approximate surface area is 118 Å². The number of benzene rings is 1. The first kappa shape index (κ1) is 14.6. The zero-order valence-corrected chi connectivity index (χ0v) is 12.3. The maximum atomic E-state index is 10.6. The molecule has 0 radical (unpaired) electrons. The quantitative estimate of drug-likeness (QED) is 0.710. The van der Waals surface area contributed by atoms with Gasteiger partial charge in [0.05, 0.1) is 5.60 Å². The molecule has 1 aromatic rings. The summed E-state index contributed by atoms with van der Waals surface area (Å²) < 4.78 is 0. The SMILES string of the molecule is CCCCCCC1(O)CCC(c2ccccc2)CC1. The molecule has 0 unspecified atom stereocenters. The van der Waals surface area contributed by atoms with Crippen LogP contribution in [-0.2, 0) is 0 Å². The van der Waals surface area contributed by atoms with Crippen molar-refractivity contribution in [2.75, 3.05) is 0 Å². The van der Waals surface area contributed by atoms with Crippen molar-refractivity contribution < 1.29 is 5.11 Å². The van der Waals surface area contributed by atoms with Gasteiger partial charge in [0.25, 0.3) is 0 Å². The number of rotatable bonds is 6. The lowest BCUT2D eigenvalue weighted by Crippen LogP contribution is -2.33. The van der Waals surface area contributed by atoms with Gasteiger partial charge in [0, 0.05) is 0 Å². The fraction of sp³-hybridized carbons (Fsp3) is 0.667. The number of hydrogen-bond donors (Lipinski definition) is 1. The average Bonchev–Trinajstić information content (AvgIpc) is 2.46. The molecule has 1 aliphatic rings. The van der Waals surface area contributed by atoms with Gasteiger partial charge in [-0.1, -0.05) is 62.9 Å². The summed E-state index contributed by atoms with van der Waals surface area (Å²) in [4.78, 5) is 0. The first-order valence-corrected chi connectivity index (χ1v) is 8.01. The predicted molar refractivity (Wildman–Crippen MR) is 81.4 cm³/mol. The lowest BCUT2D eigenvalue weighted by Gasteiger charge is -2.36. The predicted octanol–water partition coefficient (Wildman–Crippen LogP) is 5.05. The Balaban J connectivity index is 1.78. The molecule has 0 aromatic heterocycles. The van der Waals surface area contributed by atoms with Crippen LogP contribution in [0.4, 0.5) is 0 Å². The zero-order chi connectivity index (χ0) is 13.6. The highest BCUT2D eigenvalue weighted by molar-refractivity contribution is 5.20. The Hall–Kier alpha value is -0.820. The van der Waals surface area contributed by atoms with E-state index in [9.17, 15) is 5.11 Å². The van der Waals surface area contributed by atoms with Gasteiger partial charge in [-0.05, 0) is 43.6 Å². The lowest BCUT2D eigenvalue weighted by atomic mass is 9.74. The molecule has 1 aromatic carbocycles. The largest absolute Gasteiger partial charge is 0.390 e. The molecule has 1 nitrogen and oxygen atoms in total. The van der Waals surface area contributed by atoms with Crippen molar-refractivity contribution in [3.05, 3.63) is 35.9 Å². The van der Waals surface area contributed by atoms with Crippen molar-refractivity contribution in [1.82, 2.24) is 0 Å². The van der Waals surface area contributed by atoms with Crippen molar-refractivity contribution in [3.63, 3.8) is 0 Å². The summed E-state index contributed by atoms with van der Waals surface area (Å²) in [6.45, 7) is 2.24. The molecule has 1 aliphatic carbocycles. The molecule has 0 amide bonds. The van der Waals surface area contributed by atoms with Crippen LogP contribution < -0.4 is 0 Å². The minimum atomic E-state index is -0.362. The van der Waals surface area contributed by atoms with Crippen LogP contribution in [0.3, 0.4) is 0 Å². The molecule has 1 N–H and O–H groups in total. The molecule has 106 valence electrons. The van der Waals surface area contributed by atoms with Gasteiger partial charge in [0.1, 0.15) is 0 Å². The van der Waals surface area contributed by atoms with Gasteiger partial charge in [-0.3, -0.25) is 0 Å². The maximum absolute atomic E-state index is 10.6. The van der Waals surface area contributed by atoms with Gasteiger partial charge < -0.3 is 5.11 Å². The van der Waals surface area contributed by atoms with Crippen molar-refractivity contribution in [2.45, 2.75) is 76.2 Å².